The number of furan rings is 1. The first-order chi connectivity index (χ1) is 14.2. The minimum Gasteiger partial charge on any atom is -0.463 e. The van der Waals surface area contributed by atoms with E-state index in [-0.39, 0.29) is 17.8 Å². The first-order valence-corrected chi connectivity index (χ1v) is 9.93. The molecule has 29 heavy (non-hydrogen) atoms. The highest BCUT2D eigenvalue weighted by Crippen LogP contribution is 2.19. The summed E-state index contributed by atoms with van der Waals surface area (Å²) in [7, 11) is 0. The van der Waals surface area contributed by atoms with E-state index in [9.17, 15) is 9.18 Å². The molecule has 1 saturated heterocycles. The summed E-state index contributed by atoms with van der Waals surface area (Å²) in [4.78, 5) is 15.9. The van der Waals surface area contributed by atoms with Gasteiger partial charge in [-0.25, -0.2) is 4.39 Å². The van der Waals surface area contributed by atoms with Crippen molar-refractivity contribution in [3.05, 3.63) is 90.1 Å². The van der Waals surface area contributed by atoms with Gasteiger partial charge in [0.05, 0.1) is 44.7 Å². The van der Waals surface area contributed by atoms with Crippen molar-refractivity contribution in [2.24, 2.45) is 0 Å². The number of piperazine rings is 1. The summed E-state index contributed by atoms with van der Waals surface area (Å²) < 4.78 is 19.8. The van der Waals surface area contributed by atoms with Crippen LogP contribution in [0.5, 0.6) is 0 Å². The van der Waals surface area contributed by atoms with Crippen LogP contribution in [0.2, 0.25) is 0 Å². The van der Waals surface area contributed by atoms with Crippen LogP contribution in [0, 0.1) is 5.82 Å². The smallest absolute Gasteiger partial charge is 0.251 e. The zero-order chi connectivity index (χ0) is 20.1. The van der Waals surface area contributed by atoms with Crippen molar-refractivity contribution < 1.29 is 18.5 Å². The number of nitrogens with one attached hydrogen (secondary N) is 2. The molecule has 0 saturated carbocycles. The summed E-state index contributed by atoms with van der Waals surface area (Å²) >= 11 is 0. The fourth-order valence-corrected chi connectivity index (χ4v) is 3.91. The highest BCUT2D eigenvalue weighted by molar-refractivity contribution is 5.94. The molecule has 2 aromatic carbocycles. The molecule has 4 rings (SSSR count). The lowest BCUT2D eigenvalue weighted by Crippen LogP contribution is -3.15. The molecule has 1 amide bonds. The van der Waals surface area contributed by atoms with Crippen molar-refractivity contribution in [3.63, 3.8) is 0 Å². The van der Waals surface area contributed by atoms with E-state index in [2.05, 4.69) is 10.2 Å². The predicted octanol–water partition coefficient (Wildman–Crippen LogP) is 2.29. The van der Waals surface area contributed by atoms with Crippen molar-refractivity contribution in [2.45, 2.75) is 6.04 Å². The summed E-state index contributed by atoms with van der Waals surface area (Å²) in [5, 5.41) is 3.04. The Kier molecular flexibility index (Phi) is 5.91. The van der Waals surface area contributed by atoms with Crippen molar-refractivity contribution in [3.8, 4) is 0 Å². The average molecular weight is 394 g/mol. The van der Waals surface area contributed by atoms with Gasteiger partial charge < -0.3 is 19.5 Å². The molecule has 1 atom stereocenters. The number of para-hydroxylation sites is 1. The second kappa shape index (κ2) is 8.92. The zero-order valence-corrected chi connectivity index (χ0v) is 16.2. The summed E-state index contributed by atoms with van der Waals surface area (Å²) in [5.74, 6) is 0.577. The molecule has 6 heteroatoms. The van der Waals surface area contributed by atoms with Gasteiger partial charge in [-0.1, -0.05) is 30.3 Å². The van der Waals surface area contributed by atoms with Crippen LogP contribution in [0.4, 0.5) is 10.1 Å². The van der Waals surface area contributed by atoms with E-state index >= 15 is 0 Å². The fraction of sp³-hybridized carbons (Fsp3) is 0.261. The summed E-state index contributed by atoms with van der Waals surface area (Å²) in [6.07, 6.45) is 1.66. The van der Waals surface area contributed by atoms with Crippen LogP contribution in [-0.4, -0.2) is 38.6 Å². The summed E-state index contributed by atoms with van der Waals surface area (Å²) in [6, 6.07) is 19.9. The maximum Gasteiger partial charge on any atom is 0.251 e. The molecule has 0 bridgehead atoms. The number of halogens is 1. The standard InChI is InChI=1S/C23H24FN3O2/c24-19-9-4-5-10-20(19)26-12-14-27(15-13-26)21(22-11-6-16-29-22)17-25-23(28)18-7-2-1-3-8-18/h1-11,16,21H,12-15,17H2,(H,25,28)/p+1/t21-/m0/s1. The Morgan fingerprint density at radius 2 is 1.76 bits per heavy atom. The highest BCUT2D eigenvalue weighted by Gasteiger charge is 2.31. The number of rotatable bonds is 6. The summed E-state index contributed by atoms with van der Waals surface area (Å²) in [6.45, 7) is 3.65. The third-order valence-electron chi connectivity index (χ3n) is 5.48. The van der Waals surface area contributed by atoms with Crippen LogP contribution < -0.4 is 15.1 Å². The van der Waals surface area contributed by atoms with Crippen molar-refractivity contribution in [1.82, 2.24) is 5.32 Å². The third-order valence-corrected chi connectivity index (χ3v) is 5.48. The molecule has 150 valence electrons. The van der Waals surface area contributed by atoms with E-state index in [1.54, 1.807) is 24.5 Å². The molecule has 0 radical (unpaired) electrons. The van der Waals surface area contributed by atoms with Gasteiger partial charge in [0.15, 0.2) is 11.8 Å². The van der Waals surface area contributed by atoms with E-state index in [4.69, 9.17) is 4.42 Å². The van der Waals surface area contributed by atoms with E-state index < -0.39 is 0 Å². The topological polar surface area (TPSA) is 49.9 Å². The summed E-state index contributed by atoms with van der Waals surface area (Å²) in [5.41, 5.74) is 1.29. The molecule has 1 aliphatic heterocycles. The second-order valence-corrected chi connectivity index (χ2v) is 7.24. The van der Waals surface area contributed by atoms with Crippen LogP contribution >= 0.6 is 0 Å². The van der Waals surface area contributed by atoms with Gasteiger partial charge in [0.25, 0.3) is 5.91 Å². The molecule has 0 aliphatic carbocycles. The molecule has 5 nitrogen and oxygen atoms in total. The molecule has 0 unspecified atom stereocenters. The number of nitrogens with zero attached hydrogens (tertiary/aromatic N) is 1. The average Bonchev–Trinajstić information content (AvgIpc) is 3.30. The Morgan fingerprint density at radius 3 is 2.45 bits per heavy atom. The third kappa shape index (κ3) is 4.49. The van der Waals surface area contributed by atoms with E-state index in [0.29, 0.717) is 17.8 Å². The molecular formula is C23H25FN3O2+. The Morgan fingerprint density at radius 1 is 1.03 bits per heavy atom. The normalized spacial score (nSPS) is 15.8. The van der Waals surface area contributed by atoms with Gasteiger partial charge in [0, 0.05) is 5.56 Å². The van der Waals surface area contributed by atoms with Crippen molar-refractivity contribution in [2.75, 3.05) is 37.6 Å². The maximum atomic E-state index is 14.1. The van der Waals surface area contributed by atoms with Gasteiger partial charge in [-0.2, -0.15) is 0 Å². The number of quaternary nitrogens is 1. The minimum atomic E-state index is -0.186. The Hall–Kier alpha value is -3.12. The molecule has 1 aliphatic rings. The van der Waals surface area contributed by atoms with Gasteiger partial charge in [-0.15, -0.1) is 0 Å². The molecule has 1 fully saturated rings. The lowest BCUT2D eigenvalue weighted by Gasteiger charge is -2.37. The van der Waals surface area contributed by atoms with Crippen molar-refractivity contribution in [1.29, 1.82) is 0 Å². The molecular weight excluding hydrogens is 369 g/mol. The van der Waals surface area contributed by atoms with Gasteiger partial charge in [-0.3, -0.25) is 4.79 Å². The molecule has 0 spiro atoms. The molecule has 3 aromatic rings. The minimum absolute atomic E-state index is 0.0143. The first kappa shape index (κ1) is 19.2. The number of hydrogen-bond donors (Lipinski definition) is 2. The number of carbonyl (C=O) groups is 1. The second-order valence-electron chi connectivity index (χ2n) is 7.24. The SMILES string of the molecule is O=C(NC[C@@H](c1ccco1)[NH+]1CCN(c2ccccc2F)CC1)c1ccccc1. The monoisotopic (exact) mass is 394 g/mol. The largest absolute Gasteiger partial charge is 0.463 e. The maximum absolute atomic E-state index is 14.1. The lowest BCUT2D eigenvalue weighted by molar-refractivity contribution is -0.932. The van der Waals surface area contributed by atoms with Gasteiger partial charge in [0.1, 0.15) is 5.82 Å². The Bertz CT molecular complexity index is 922. The lowest BCUT2D eigenvalue weighted by atomic mass is 10.1. The molecule has 1 aromatic heterocycles. The first-order valence-electron chi connectivity index (χ1n) is 9.93. The fourth-order valence-electron chi connectivity index (χ4n) is 3.91. The Balaban J connectivity index is 1.42. The van der Waals surface area contributed by atoms with Crippen LogP contribution in [0.25, 0.3) is 0 Å². The number of anilines is 1. The van der Waals surface area contributed by atoms with Crippen LogP contribution in [-0.2, 0) is 0 Å². The van der Waals surface area contributed by atoms with Gasteiger partial charge in [-0.05, 0) is 36.4 Å². The molecule has 2 N–H and O–H groups in total. The van der Waals surface area contributed by atoms with Crippen molar-refractivity contribution >= 4 is 11.6 Å². The predicted molar refractivity (Wildman–Crippen MR) is 110 cm³/mol. The van der Waals surface area contributed by atoms with Crippen LogP contribution in [0.1, 0.15) is 22.2 Å². The number of carbonyl (C=O) groups excluding carboxylic acids is 1. The molecule has 2 heterocycles. The van der Waals surface area contributed by atoms with Gasteiger partial charge >= 0.3 is 0 Å². The van der Waals surface area contributed by atoms with Crippen LogP contribution in [0.15, 0.2) is 77.4 Å². The van der Waals surface area contributed by atoms with E-state index in [0.717, 1.165) is 31.9 Å². The zero-order valence-electron chi connectivity index (χ0n) is 16.2. The highest BCUT2D eigenvalue weighted by atomic mass is 19.1. The van der Waals surface area contributed by atoms with E-state index in [1.165, 1.54) is 11.0 Å². The van der Waals surface area contributed by atoms with E-state index in [1.807, 2.05) is 42.5 Å². The van der Waals surface area contributed by atoms with Crippen LogP contribution in [0.3, 0.4) is 0 Å². The number of hydrogen-bond acceptors (Lipinski definition) is 3. The Labute approximate surface area is 169 Å². The number of amides is 1. The quantitative estimate of drug-likeness (QED) is 0.675. The van der Waals surface area contributed by atoms with Gasteiger partial charge in [0.2, 0.25) is 0 Å². The number of benzene rings is 2.